The van der Waals surface area contributed by atoms with Gasteiger partial charge in [-0.3, -0.25) is 4.79 Å². The monoisotopic (exact) mass is 374 g/mol. The van der Waals surface area contributed by atoms with Crippen LogP contribution >= 0.6 is 0 Å². The third kappa shape index (κ3) is 4.63. The van der Waals surface area contributed by atoms with Gasteiger partial charge in [-0.1, -0.05) is 25.0 Å². The van der Waals surface area contributed by atoms with E-state index in [1.165, 1.54) is 30.3 Å². The summed E-state index contributed by atoms with van der Waals surface area (Å²) in [6, 6.07) is 9.99. The third-order valence-electron chi connectivity index (χ3n) is 4.79. The molecule has 2 aromatic rings. The van der Waals surface area contributed by atoms with E-state index in [2.05, 4.69) is 0 Å². The highest BCUT2D eigenvalue weighted by Gasteiger charge is 2.29. The van der Waals surface area contributed by atoms with Crippen LogP contribution in [0.4, 0.5) is 8.78 Å². The van der Waals surface area contributed by atoms with Gasteiger partial charge in [-0.05, 0) is 48.7 Å². The zero-order valence-corrected chi connectivity index (χ0v) is 15.2. The second kappa shape index (κ2) is 8.95. The molecule has 0 saturated carbocycles. The molecule has 1 saturated heterocycles. The first-order valence-corrected chi connectivity index (χ1v) is 9.29. The van der Waals surface area contributed by atoms with Crippen molar-refractivity contribution < 1.29 is 18.3 Å². The van der Waals surface area contributed by atoms with Crippen molar-refractivity contribution in [1.29, 1.82) is 0 Å². The normalized spacial score (nSPS) is 17.4. The van der Waals surface area contributed by atoms with Crippen LogP contribution in [0, 0.1) is 11.6 Å². The van der Waals surface area contributed by atoms with Crippen LogP contribution in [0.1, 0.15) is 47.6 Å². The molecule has 0 radical (unpaired) electrons. The van der Waals surface area contributed by atoms with Crippen LogP contribution in [-0.4, -0.2) is 30.5 Å². The lowest BCUT2D eigenvalue weighted by molar-refractivity contribution is 0.0675. The minimum Gasteiger partial charge on any atom is -0.491 e. The Morgan fingerprint density at radius 1 is 1.11 bits per heavy atom. The largest absolute Gasteiger partial charge is 0.491 e. The Balaban J connectivity index is 1.96. The number of hydrogen-bond acceptors (Lipinski definition) is 3. The number of halogens is 2. The number of likely N-dealkylation sites (tertiary alicyclic amines) is 1. The summed E-state index contributed by atoms with van der Waals surface area (Å²) >= 11 is 0. The molecule has 1 fully saturated rings. The molecule has 4 nitrogen and oxygen atoms in total. The lowest BCUT2D eigenvalue weighted by atomic mass is 9.99. The van der Waals surface area contributed by atoms with Crippen molar-refractivity contribution in [3.05, 3.63) is 65.2 Å². The zero-order chi connectivity index (χ0) is 19.2. The Morgan fingerprint density at radius 3 is 2.70 bits per heavy atom. The Morgan fingerprint density at radius 2 is 1.93 bits per heavy atom. The highest BCUT2D eigenvalue weighted by atomic mass is 19.1. The van der Waals surface area contributed by atoms with Crippen LogP contribution in [0.5, 0.6) is 5.75 Å². The quantitative estimate of drug-likeness (QED) is 0.859. The number of carbonyl (C=O) groups is 1. The van der Waals surface area contributed by atoms with Gasteiger partial charge in [0, 0.05) is 13.1 Å². The van der Waals surface area contributed by atoms with Gasteiger partial charge < -0.3 is 15.4 Å². The van der Waals surface area contributed by atoms with Gasteiger partial charge in [-0.15, -0.1) is 0 Å². The van der Waals surface area contributed by atoms with E-state index in [-0.39, 0.29) is 29.9 Å². The number of rotatable bonds is 5. The van der Waals surface area contributed by atoms with E-state index in [0.29, 0.717) is 18.8 Å². The molecule has 144 valence electrons. The molecule has 1 aliphatic heterocycles. The molecule has 0 spiro atoms. The van der Waals surface area contributed by atoms with Crippen LogP contribution in [-0.2, 0) is 0 Å². The summed E-state index contributed by atoms with van der Waals surface area (Å²) < 4.78 is 33.1. The van der Waals surface area contributed by atoms with Gasteiger partial charge in [-0.2, -0.15) is 0 Å². The lowest BCUT2D eigenvalue weighted by Gasteiger charge is -2.31. The van der Waals surface area contributed by atoms with Crippen molar-refractivity contribution in [1.82, 2.24) is 4.90 Å². The Hall–Kier alpha value is -2.47. The highest BCUT2D eigenvalue weighted by Crippen LogP contribution is 2.33. The number of benzene rings is 2. The van der Waals surface area contributed by atoms with Crippen molar-refractivity contribution in [2.45, 2.75) is 31.7 Å². The van der Waals surface area contributed by atoms with Crippen LogP contribution in [0.15, 0.2) is 42.5 Å². The Bertz CT molecular complexity index is 798. The molecule has 6 heteroatoms. The number of carbonyl (C=O) groups excluding carboxylic acids is 1. The Kier molecular flexibility index (Phi) is 6.40. The second-order valence-corrected chi connectivity index (χ2v) is 6.70. The first-order valence-electron chi connectivity index (χ1n) is 9.29. The van der Waals surface area contributed by atoms with E-state index in [1.807, 2.05) is 6.07 Å². The van der Waals surface area contributed by atoms with E-state index in [1.54, 1.807) is 11.0 Å². The number of amides is 1. The van der Waals surface area contributed by atoms with E-state index < -0.39 is 5.82 Å². The summed E-state index contributed by atoms with van der Waals surface area (Å²) in [4.78, 5) is 15.0. The summed E-state index contributed by atoms with van der Waals surface area (Å²) in [5.41, 5.74) is 6.41. The summed E-state index contributed by atoms with van der Waals surface area (Å²) in [6.07, 6.45) is 3.54. The van der Waals surface area contributed by atoms with Crippen LogP contribution < -0.4 is 10.5 Å². The van der Waals surface area contributed by atoms with E-state index in [4.69, 9.17) is 10.5 Å². The molecule has 1 amide bonds. The fraction of sp³-hybridized carbons (Fsp3) is 0.381. The maximum absolute atomic E-state index is 13.8. The van der Waals surface area contributed by atoms with Gasteiger partial charge in [0.2, 0.25) is 0 Å². The molecule has 3 rings (SSSR count). The minimum absolute atomic E-state index is 0.173. The fourth-order valence-electron chi connectivity index (χ4n) is 3.53. The van der Waals surface area contributed by atoms with Gasteiger partial charge >= 0.3 is 0 Å². The number of nitrogens with zero attached hydrogens (tertiary/aromatic N) is 1. The van der Waals surface area contributed by atoms with Crippen molar-refractivity contribution in [3.63, 3.8) is 0 Å². The third-order valence-corrected chi connectivity index (χ3v) is 4.79. The molecule has 2 N–H and O–H groups in total. The molecule has 1 heterocycles. The molecule has 1 atom stereocenters. The summed E-state index contributed by atoms with van der Waals surface area (Å²) in [5.74, 6) is -0.829. The predicted octanol–water partition coefficient (Wildman–Crippen LogP) is 4.06. The maximum atomic E-state index is 13.8. The first-order chi connectivity index (χ1) is 13.1. The standard InChI is InChI=1S/C21H24F2N2O2/c22-16-6-4-5-15(13-16)19-7-2-1-3-11-25(19)21(26)18-14-17(23)8-9-20(18)27-12-10-24/h4-6,8-9,13-14,19H,1-3,7,10-12,24H2/t19-/m0/s1. The van der Waals surface area contributed by atoms with E-state index >= 15 is 0 Å². The minimum atomic E-state index is -0.504. The van der Waals surface area contributed by atoms with Crippen LogP contribution in [0.25, 0.3) is 0 Å². The molecule has 27 heavy (non-hydrogen) atoms. The molecule has 0 unspecified atom stereocenters. The van der Waals surface area contributed by atoms with Gasteiger partial charge in [0.05, 0.1) is 11.6 Å². The average Bonchev–Trinajstić information content (AvgIpc) is 2.92. The summed E-state index contributed by atoms with van der Waals surface area (Å²) in [7, 11) is 0. The van der Waals surface area contributed by atoms with Gasteiger partial charge in [0.15, 0.2) is 0 Å². The molecule has 2 aromatic carbocycles. The topological polar surface area (TPSA) is 55.6 Å². The molecule has 1 aliphatic rings. The number of hydrogen-bond donors (Lipinski definition) is 1. The van der Waals surface area contributed by atoms with Crippen molar-refractivity contribution >= 4 is 5.91 Å². The van der Waals surface area contributed by atoms with E-state index in [9.17, 15) is 13.6 Å². The molecular weight excluding hydrogens is 350 g/mol. The smallest absolute Gasteiger partial charge is 0.258 e. The average molecular weight is 374 g/mol. The molecule has 0 bridgehead atoms. The van der Waals surface area contributed by atoms with Crippen molar-refractivity contribution in [2.24, 2.45) is 5.73 Å². The highest BCUT2D eigenvalue weighted by molar-refractivity contribution is 5.97. The summed E-state index contributed by atoms with van der Waals surface area (Å²) in [6.45, 7) is 1.06. The SMILES string of the molecule is NCCOc1ccc(F)cc1C(=O)N1CCCCC[C@H]1c1cccc(F)c1. The van der Waals surface area contributed by atoms with Crippen molar-refractivity contribution in [2.75, 3.05) is 19.7 Å². The fourth-order valence-corrected chi connectivity index (χ4v) is 3.53. The number of ether oxygens (including phenoxy) is 1. The molecule has 0 aromatic heterocycles. The van der Waals surface area contributed by atoms with E-state index in [0.717, 1.165) is 31.2 Å². The second-order valence-electron chi connectivity index (χ2n) is 6.70. The van der Waals surface area contributed by atoms with Crippen LogP contribution in [0.2, 0.25) is 0 Å². The predicted molar refractivity (Wildman–Crippen MR) is 99.6 cm³/mol. The summed E-state index contributed by atoms with van der Waals surface area (Å²) in [5, 5.41) is 0. The van der Waals surface area contributed by atoms with Gasteiger partial charge in [-0.25, -0.2) is 8.78 Å². The Labute approximate surface area is 157 Å². The first kappa shape index (κ1) is 19.3. The van der Waals surface area contributed by atoms with Gasteiger partial charge in [0.25, 0.3) is 5.91 Å². The number of nitrogens with two attached hydrogens (primary N) is 1. The zero-order valence-electron chi connectivity index (χ0n) is 15.2. The van der Waals surface area contributed by atoms with Crippen LogP contribution in [0.3, 0.4) is 0 Å². The lowest BCUT2D eigenvalue weighted by Crippen LogP contribution is -2.35. The molecular formula is C21H24F2N2O2. The van der Waals surface area contributed by atoms with Gasteiger partial charge in [0.1, 0.15) is 24.0 Å². The maximum Gasteiger partial charge on any atom is 0.258 e. The van der Waals surface area contributed by atoms with Crippen molar-refractivity contribution in [3.8, 4) is 5.75 Å². The molecule has 0 aliphatic carbocycles.